The zero-order valence-corrected chi connectivity index (χ0v) is 37.4. The van der Waals surface area contributed by atoms with Crippen LogP contribution < -0.4 is 37.6 Å². The molecule has 1 heterocycles. The molecule has 0 saturated carbocycles. The van der Waals surface area contributed by atoms with E-state index in [-0.39, 0.29) is 32.1 Å². The Morgan fingerprint density at radius 1 is 0.723 bits per heavy atom. The van der Waals surface area contributed by atoms with Gasteiger partial charge < -0.3 is 63.0 Å². The van der Waals surface area contributed by atoms with E-state index >= 15 is 0 Å². The van der Waals surface area contributed by atoms with Crippen molar-refractivity contribution in [3.8, 4) is 0 Å². The Morgan fingerprint density at radius 2 is 1.31 bits per heavy atom. The Hall–Kier alpha value is -5.93. The van der Waals surface area contributed by atoms with Crippen LogP contribution in [0.15, 0.2) is 30.3 Å². The van der Waals surface area contributed by atoms with Gasteiger partial charge in [0.05, 0.1) is 12.5 Å². The number of carbonyl (C=O) groups is 10. The average molecular weight is 940 g/mol. The Balaban J connectivity index is 2.24. The molecule has 1 fully saturated rings. The third-order valence-electron chi connectivity index (χ3n) is 10.6. The summed E-state index contributed by atoms with van der Waals surface area (Å²) in [6, 6.07) is -0.410. The number of carbonyl (C=O) groups excluding carboxylic acids is 6. The molecular weight excluding hydrogens is 877 g/mol. The second-order valence-corrected chi connectivity index (χ2v) is 18.9. The fourth-order valence-electron chi connectivity index (χ4n) is 6.85. The highest BCUT2D eigenvalue weighted by Gasteiger charge is 2.39. The van der Waals surface area contributed by atoms with Gasteiger partial charge in [-0.05, 0) is 37.2 Å². The van der Waals surface area contributed by atoms with Gasteiger partial charge in [0.25, 0.3) is 0 Å². The summed E-state index contributed by atoms with van der Waals surface area (Å²) in [5.41, 5.74) is 6.37. The van der Waals surface area contributed by atoms with Gasteiger partial charge in [-0.25, -0.2) is 4.79 Å². The van der Waals surface area contributed by atoms with Crippen LogP contribution in [-0.4, -0.2) is 133 Å². The maximum atomic E-state index is 14.0. The van der Waals surface area contributed by atoms with Crippen LogP contribution in [0.5, 0.6) is 0 Å². The number of nitrogens with two attached hydrogens (primary N) is 1. The lowest BCUT2D eigenvalue weighted by Gasteiger charge is -2.29. The van der Waals surface area contributed by atoms with Gasteiger partial charge in [0.1, 0.15) is 36.0 Å². The summed E-state index contributed by atoms with van der Waals surface area (Å²) in [6.45, 7) is 4.37. The molecule has 23 nitrogen and oxygen atoms in total. The first kappa shape index (κ1) is 55.2. The maximum absolute atomic E-state index is 14.0. The van der Waals surface area contributed by atoms with Crippen molar-refractivity contribution < 1.29 is 77.8 Å². The van der Waals surface area contributed by atoms with E-state index in [1.165, 1.54) is 6.92 Å². The van der Waals surface area contributed by atoms with Crippen LogP contribution in [0.2, 0.25) is 0 Å². The van der Waals surface area contributed by atoms with Gasteiger partial charge in [-0.3, -0.25) is 47.7 Å². The van der Waals surface area contributed by atoms with E-state index in [0.29, 0.717) is 24.8 Å². The third-order valence-corrected chi connectivity index (χ3v) is 13.0. The van der Waals surface area contributed by atoms with Crippen molar-refractivity contribution in [2.75, 3.05) is 6.16 Å². The second kappa shape index (κ2) is 26.8. The molecule has 13 N–H and O–H groups in total. The molecule has 0 spiro atoms. The van der Waals surface area contributed by atoms with Gasteiger partial charge in [0, 0.05) is 31.3 Å². The molecule has 2 rings (SSSR count). The highest BCUT2D eigenvalue weighted by Crippen LogP contribution is 2.49. The maximum Gasteiger partial charge on any atom is 0.326 e. The molecule has 24 heteroatoms. The number of carboxylic acid groups (broad SMARTS) is 4. The van der Waals surface area contributed by atoms with Gasteiger partial charge in [-0.15, -0.1) is 0 Å². The van der Waals surface area contributed by atoms with Crippen molar-refractivity contribution in [2.45, 2.75) is 140 Å². The SMILES string of the molecule is CC(CP(=O)(O)C1CCCCCC[C@H](NC(=O)[C@@H](N)CCC(=O)O)C(=O)N[C@@H](CC(=O)O)C(=O)N1)C(=O)N[C@H](C(=O)N[C@@H](CCC(=O)O)C(=O)N[C@@H](Cc1ccccc1)C(=O)O)C(C)C. The van der Waals surface area contributed by atoms with E-state index in [2.05, 4.69) is 31.9 Å². The number of rotatable bonds is 23. The minimum absolute atomic E-state index is 0.0324. The Kier molecular flexibility index (Phi) is 22.7. The summed E-state index contributed by atoms with van der Waals surface area (Å²) in [6.07, 6.45) is -2.16. The van der Waals surface area contributed by atoms with Crippen LogP contribution in [0, 0.1) is 11.8 Å². The van der Waals surface area contributed by atoms with E-state index in [4.69, 9.17) is 10.8 Å². The normalized spacial score (nSPS) is 20.4. The molecule has 3 unspecified atom stereocenters. The summed E-state index contributed by atoms with van der Waals surface area (Å²) in [5, 5.41) is 51.9. The summed E-state index contributed by atoms with van der Waals surface area (Å²) in [4.78, 5) is 138. The first-order valence-corrected chi connectivity index (χ1v) is 23.1. The number of hydrogen-bond donors (Lipinski definition) is 12. The van der Waals surface area contributed by atoms with E-state index in [9.17, 15) is 72.7 Å². The summed E-state index contributed by atoms with van der Waals surface area (Å²) < 4.78 is 14.0. The van der Waals surface area contributed by atoms with Crippen molar-refractivity contribution in [1.82, 2.24) is 31.9 Å². The van der Waals surface area contributed by atoms with Crippen LogP contribution >= 0.6 is 7.37 Å². The van der Waals surface area contributed by atoms with E-state index in [0.717, 1.165) is 0 Å². The molecule has 1 aliphatic heterocycles. The molecule has 1 aromatic rings. The predicted octanol–water partition coefficient (Wildman–Crippen LogP) is -0.372. The van der Waals surface area contributed by atoms with Crippen molar-refractivity contribution in [2.24, 2.45) is 17.6 Å². The fourth-order valence-corrected chi connectivity index (χ4v) is 8.97. The lowest BCUT2D eigenvalue weighted by atomic mass is 10.0. The van der Waals surface area contributed by atoms with Crippen molar-refractivity contribution >= 4 is 66.7 Å². The fraction of sp³-hybridized carbons (Fsp3) is 0.610. The highest BCUT2D eigenvalue weighted by molar-refractivity contribution is 7.58. The molecular formula is C41H62N7O16P. The van der Waals surface area contributed by atoms with Crippen molar-refractivity contribution in [3.63, 3.8) is 0 Å². The first-order chi connectivity index (χ1) is 30.4. The van der Waals surface area contributed by atoms with Gasteiger partial charge >= 0.3 is 23.9 Å². The molecule has 65 heavy (non-hydrogen) atoms. The van der Waals surface area contributed by atoms with Crippen LogP contribution in [0.3, 0.4) is 0 Å². The molecule has 9 atom stereocenters. The Bertz CT molecular complexity index is 1920. The molecule has 0 aliphatic carbocycles. The number of carboxylic acids is 4. The van der Waals surface area contributed by atoms with Crippen LogP contribution in [0.25, 0.3) is 0 Å². The number of aliphatic carboxylic acids is 4. The molecule has 0 radical (unpaired) electrons. The summed E-state index contributed by atoms with van der Waals surface area (Å²) in [7, 11) is -4.58. The number of benzene rings is 1. The quantitative estimate of drug-likeness (QED) is 0.0623. The van der Waals surface area contributed by atoms with Crippen molar-refractivity contribution in [3.05, 3.63) is 35.9 Å². The van der Waals surface area contributed by atoms with E-state index in [1.807, 2.05) is 0 Å². The zero-order valence-electron chi connectivity index (χ0n) is 36.5. The first-order valence-electron chi connectivity index (χ1n) is 21.2. The predicted molar refractivity (Wildman–Crippen MR) is 230 cm³/mol. The lowest BCUT2D eigenvalue weighted by molar-refractivity contribution is -0.143. The van der Waals surface area contributed by atoms with Crippen LogP contribution in [0.4, 0.5) is 0 Å². The number of amides is 6. The molecule has 1 aliphatic rings. The van der Waals surface area contributed by atoms with Gasteiger partial charge in [0.2, 0.25) is 42.8 Å². The standard InChI is InChI=1S/C41H62N7O16P/c1-22(2)34(40(60)44-27(16-18-32(51)52)38(58)46-29(41(61)62)19-24-11-7-6-8-12-24)48-35(55)23(3)21-65(63,64)30-14-10-5-4-9-13-26(43-36(56)25(42)15-17-31(49)50)37(57)45-28(20-33(53)54)39(59)47-30/h6-8,11-12,22-23,25-30,34H,4-5,9-10,13-21,42H2,1-3H3,(H,43,56)(H,44,60)(H,45,57)(H,46,58)(H,47,59)(H,48,55)(H,49,50)(H,51,52)(H,53,54)(H,61,62)(H,63,64)/t23?,25-,26-,27-,28-,29-,30?,34-/m0/s1. The lowest BCUT2D eigenvalue weighted by Crippen LogP contribution is -2.57. The Morgan fingerprint density at radius 3 is 1.88 bits per heavy atom. The molecule has 0 bridgehead atoms. The minimum Gasteiger partial charge on any atom is -0.481 e. The van der Waals surface area contributed by atoms with Gasteiger partial charge in [-0.1, -0.05) is 76.8 Å². The minimum atomic E-state index is -4.58. The van der Waals surface area contributed by atoms with Crippen molar-refractivity contribution in [1.29, 1.82) is 0 Å². The largest absolute Gasteiger partial charge is 0.481 e. The molecule has 6 amide bonds. The molecule has 362 valence electrons. The number of nitrogens with one attached hydrogen (secondary N) is 6. The Labute approximate surface area is 375 Å². The molecule has 0 aromatic heterocycles. The molecule has 1 saturated heterocycles. The third kappa shape index (κ3) is 19.8. The summed E-state index contributed by atoms with van der Waals surface area (Å²) >= 11 is 0. The second-order valence-electron chi connectivity index (χ2n) is 16.4. The van der Waals surface area contributed by atoms with Crippen LogP contribution in [0.1, 0.15) is 97.0 Å². The van der Waals surface area contributed by atoms with Gasteiger partial charge in [0.15, 0.2) is 0 Å². The average Bonchev–Trinajstić information content (AvgIpc) is 3.22. The van der Waals surface area contributed by atoms with E-state index < -0.39 is 152 Å². The smallest absolute Gasteiger partial charge is 0.326 e. The monoisotopic (exact) mass is 939 g/mol. The summed E-state index contributed by atoms with van der Waals surface area (Å²) in [5.74, 6) is -14.7. The molecule has 1 aromatic carbocycles. The van der Waals surface area contributed by atoms with Crippen LogP contribution in [-0.2, 0) is 58.9 Å². The zero-order chi connectivity index (χ0) is 49.0. The topological polar surface area (TPSA) is 387 Å². The van der Waals surface area contributed by atoms with E-state index in [1.54, 1.807) is 44.2 Å². The van der Waals surface area contributed by atoms with Gasteiger partial charge in [-0.2, -0.15) is 0 Å². The number of hydrogen-bond acceptors (Lipinski definition) is 12. The highest BCUT2D eigenvalue weighted by atomic mass is 31.2.